The molecule has 10 heteroatoms. The van der Waals surface area contributed by atoms with Gasteiger partial charge in [-0.3, -0.25) is 9.59 Å². The number of aromatic nitrogens is 3. The van der Waals surface area contributed by atoms with Crippen molar-refractivity contribution < 1.29 is 14.3 Å². The first-order valence-corrected chi connectivity index (χ1v) is 13.2. The second-order valence-electron chi connectivity index (χ2n) is 8.83. The summed E-state index contributed by atoms with van der Waals surface area (Å²) in [5.41, 5.74) is 3.21. The molecule has 1 N–H and O–H groups in total. The van der Waals surface area contributed by atoms with Gasteiger partial charge in [0.2, 0.25) is 0 Å². The number of amides is 2. The average Bonchev–Trinajstić information content (AvgIpc) is 3.56. The third kappa shape index (κ3) is 5.23. The second-order valence-corrected chi connectivity index (χ2v) is 10.2. The van der Waals surface area contributed by atoms with Crippen LogP contribution in [-0.2, 0) is 0 Å². The first kappa shape index (κ1) is 25.0. The molecule has 8 nitrogen and oxygen atoms in total. The van der Waals surface area contributed by atoms with Crippen molar-refractivity contribution in [3.05, 3.63) is 87.1 Å². The number of piperidine rings is 1. The number of methoxy groups -OCH3 is 1. The van der Waals surface area contributed by atoms with Crippen LogP contribution in [-0.4, -0.2) is 51.7 Å². The Balaban J connectivity index is 1.21. The number of thiazole rings is 1. The van der Waals surface area contributed by atoms with Crippen molar-refractivity contribution in [2.45, 2.75) is 25.7 Å². The highest BCUT2D eigenvalue weighted by Crippen LogP contribution is 2.32. The van der Waals surface area contributed by atoms with E-state index in [1.807, 2.05) is 42.2 Å². The van der Waals surface area contributed by atoms with E-state index in [0.29, 0.717) is 40.8 Å². The van der Waals surface area contributed by atoms with E-state index in [1.54, 1.807) is 34.5 Å². The number of hydrogen-bond acceptors (Lipinski definition) is 6. The van der Waals surface area contributed by atoms with Crippen LogP contribution in [0.1, 0.15) is 50.3 Å². The molecule has 1 saturated heterocycles. The summed E-state index contributed by atoms with van der Waals surface area (Å²) in [5.74, 6) is 0.397. The van der Waals surface area contributed by atoms with Gasteiger partial charge in [0.1, 0.15) is 11.4 Å². The van der Waals surface area contributed by atoms with Gasteiger partial charge in [0.05, 0.1) is 40.9 Å². The van der Waals surface area contributed by atoms with Crippen molar-refractivity contribution in [3.63, 3.8) is 0 Å². The Bertz CT molecular complexity index is 1430. The summed E-state index contributed by atoms with van der Waals surface area (Å²) in [6, 6.07) is 14.8. The lowest BCUT2D eigenvalue weighted by Crippen LogP contribution is -2.38. The maximum atomic E-state index is 13.2. The molecule has 0 saturated carbocycles. The highest BCUT2D eigenvalue weighted by Gasteiger charge is 2.28. The topological polar surface area (TPSA) is 89.4 Å². The number of hydrogen-bond donors (Lipinski definition) is 1. The molecular formula is C27H26ClN5O3S. The van der Waals surface area contributed by atoms with Crippen LogP contribution in [0.25, 0.3) is 5.69 Å². The normalized spacial score (nSPS) is 14.0. The van der Waals surface area contributed by atoms with Gasteiger partial charge in [0.15, 0.2) is 0 Å². The van der Waals surface area contributed by atoms with Crippen molar-refractivity contribution in [1.82, 2.24) is 19.7 Å². The first-order valence-electron chi connectivity index (χ1n) is 11.9. The molecule has 0 radical (unpaired) electrons. The van der Waals surface area contributed by atoms with Crippen molar-refractivity contribution in [1.29, 1.82) is 0 Å². The number of para-hydroxylation sites is 1. The number of nitrogens with one attached hydrogen (secondary N) is 1. The molecule has 2 aromatic carbocycles. The Labute approximate surface area is 223 Å². The fourth-order valence-electron chi connectivity index (χ4n) is 4.49. The highest BCUT2D eigenvalue weighted by atomic mass is 35.5. The fraction of sp³-hybridized carbons (Fsp3) is 0.259. The zero-order valence-corrected chi connectivity index (χ0v) is 22.1. The Morgan fingerprint density at radius 3 is 2.62 bits per heavy atom. The van der Waals surface area contributed by atoms with E-state index in [9.17, 15) is 9.59 Å². The van der Waals surface area contributed by atoms with Gasteiger partial charge in [0, 0.05) is 29.4 Å². The summed E-state index contributed by atoms with van der Waals surface area (Å²) in [6.07, 6.45) is 3.22. The number of nitrogens with zero attached hydrogens (tertiary/aromatic N) is 4. The summed E-state index contributed by atoms with van der Waals surface area (Å²) in [6.45, 7) is 3.17. The number of ether oxygens (including phenoxy) is 1. The molecule has 0 bridgehead atoms. The number of carbonyl (C=O) groups is 2. The molecule has 5 rings (SSSR count). The second kappa shape index (κ2) is 10.7. The van der Waals surface area contributed by atoms with Gasteiger partial charge in [-0.25, -0.2) is 9.67 Å². The summed E-state index contributed by atoms with van der Waals surface area (Å²) in [5, 5.41) is 10.4. The summed E-state index contributed by atoms with van der Waals surface area (Å²) in [4.78, 5) is 32.5. The Morgan fingerprint density at radius 2 is 1.89 bits per heavy atom. The number of benzene rings is 2. The van der Waals surface area contributed by atoms with Gasteiger partial charge >= 0.3 is 0 Å². The molecule has 0 unspecified atom stereocenters. The SMILES string of the molecule is COc1ccc(Cl)cc1NC(=O)c1csc(C2CCN(C(=O)c3cnn(-c4ccccc4)c3C)CC2)n1. The minimum Gasteiger partial charge on any atom is -0.495 e. The number of anilines is 1. The largest absolute Gasteiger partial charge is 0.495 e. The summed E-state index contributed by atoms with van der Waals surface area (Å²) in [7, 11) is 1.54. The van der Waals surface area contributed by atoms with Gasteiger partial charge in [-0.1, -0.05) is 29.8 Å². The van der Waals surface area contributed by atoms with Crippen molar-refractivity contribution >= 4 is 40.4 Å². The minimum atomic E-state index is -0.318. The van der Waals surface area contributed by atoms with E-state index in [1.165, 1.54) is 18.4 Å². The van der Waals surface area contributed by atoms with E-state index in [4.69, 9.17) is 16.3 Å². The Hall–Kier alpha value is -3.69. The molecule has 37 heavy (non-hydrogen) atoms. The molecule has 2 amide bonds. The fourth-order valence-corrected chi connectivity index (χ4v) is 5.64. The quantitative estimate of drug-likeness (QED) is 0.348. The standard InChI is InChI=1S/C27H26ClN5O3S/c1-17-21(15-29-33(17)20-6-4-3-5-7-20)27(35)32-12-10-18(11-13-32)26-31-23(16-37-26)25(34)30-22-14-19(28)8-9-24(22)36-2/h3-9,14-16,18H,10-13H2,1-2H3,(H,30,34). The third-order valence-electron chi connectivity index (χ3n) is 6.54. The lowest BCUT2D eigenvalue weighted by Gasteiger charge is -2.31. The molecule has 4 aromatic rings. The van der Waals surface area contributed by atoms with Crippen molar-refractivity contribution in [2.24, 2.45) is 0 Å². The molecule has 0 spiro atoms. The molecule has 2 aromatic heterocycles. The van der Waals surface area contributed by atoms with Crippen LogP contribution in [0.15, 0.2) is 60.1 Å². The number of rotatable bonds is 6. The number of halogens is 1. The summed E-state index contributed by atoms with van der Waals surface area (Å²) < 4.78 is 7.09. The number of carbonyl (C=O) groups excluding carboxylic acids is 2. The van der Waals surface area contributed by atoms with Gasteiger partial charge in [0.25, 0.3) is 11.8 Å². The van der Waals surface area contributed by atoms with E-state index in [0.717, 1.165) is 29.2 Å². The van der Waals surface area contributed by atoms with Crippen molar-refractivity contribution in [2.75, 3.05) is 25.5 Å². The van der Waals surface area contributed by atoms with E-state index in [-0.39, 0.29) is 17.7 Å². The molecule has 0 aliphatic carbocycles. The molecule has 190 valence electrons. The lowest BCUT2D eigenvalue weighted by atomic mass is 9.97. The van der Waals surface area contributed by atoms with Crippen LogP contribution >= 0.6 is 22.9 Å². The minimum absolute atomic E-state index is 0.00666. The van der Waals surface area contributed by atoms with E-state index < -0.39 is 0 Å². The molecule has 1 aliphatic rings. The maximum absolute atomic E-state index is 13.2. The van der Waals surface area contributed by atoms with E-state index in [2.05, 4.69) is 15.4 Å². The van der Waals surface area contributed by atoms with Crippen molar-refractivity contribution in [3.8, 4) is 11.4 Å². The van der Waals surface area contributed by atoms with Crippen LogP contribution in [0.3, 0.4) is 0 Å². The molecular weight excluding hydrogens is 510 g/mol. The lowest BCUT2D eigenvalue weighted by molar-refractivity contribution is 0.0712. The van der Waals surface area contributed by atoms with Crippen LogP contribution < -0.4 is 10.1 Å². The van der Waals surface area contributed by atoms with E-state index >= 15 is 0 Å². The molecule has 3 heterocycles. The van der Waals surface area contributed by atoms with Crippen LogP contribution in [0.2, 0.25) is 5.02 Å². The average molecular weight is 536 g/mol. The Morgan fingerprint density at radius 1 is 1.14 bits per heavy atom. The smallest absolute Gasteiger partial charge is 0.275 e. The number of likely N-dealkylation sites (tertiary alicyclic amines) is 1. The molecule has 0 atom stereocenters. The predicted molar refractivity (Wildman–Crippen MR) is 144 cm³/mol. The first-order chi connectivity index (χ1) is 17.9. The Kier molecular flexibility index (Phi) is 7.25. The van der Waals surface area contributed by atoms with Gasteiger partial charge in [-0.15, -0.1) is 11.3 Å². The maximum Gasteiger partial charge on any atom is 0.275 e. The third-order valence-corrected chi connectivity index (χ3v) is 7.78. The van der Waals surface area contributed by atoms with Crippen LogP contribution in [0.5, 0.6) is 5.75 Å². The summed E-state index contributed by atoms with van der Waals surface area (Å²) >= 11 is 7.54. The highest BCUT2D eigenvalue weighted by molar-refractivity contribution is 7.10. The van der Waals surface area contributed by atoms with Gasteiger partial charge in [-0.2, -0.15) is 5.10 Å². The predicted octanol–water partition coefficient (Wildman–Crippen LogP) is 5.57. The molecule has 1 aliphatic heterocycles. The van der Waals surface area contributed by atoms with Gasteiger partial charge < -0.3 is 15.0 Å². The molecule has 1 fully saturated rings. The zero-order chi connectivity index (χ0) is 25.9. The van der Waals surface area contributed by atoms with Crippen LogP contribution in [0.4, 0.5) is 5.69 Å². The monoisotopic (exact) mass is 535 g/mol. The van der Waals surface area contributed by atoms with Gasteiger partial charge in [-0.05, 0) is 50.1 Å². The van der Waals surface area contributed by atoms with Crippen LogP contribution in [0, 0.1) is 6.92 Å². The zero-order valence-electron chi connectivity index (χ0n) is 20.5.